The van der Waals surface area contributed by atoms with Crippen molar-refractivity contribution in [1.29, 1.82) is 0 Å². The highest BCUT2D eigenvalue weighted by Crippen LogP contribution is 2.40. The van der Waals surface area contributed by atoms with E-state index in [-0.39, 0.29) is 22.6 Å². The number of carbonyl (C=O) groups is 1. The molecule has 2 N–H and O–H groups in total. The lowest BCUT2D eigenvalue weighted by atomic mass is 9.84. The van der Waals surface area contributed by atoms with Crippen LogP contribution in [0.1, 0.15) is 63.0 Å². The normalized spacial score (nSPS) is 14.0. The monoisotopic (exact) mass is 553 g/mol. The molecule has 35 heavy (non-hydrogen) atoms. The van der Waals surface area contributed by atoms with Crippen LogP contribution in [-0.2, 0) is 26.1 Å². The van der Waals surface area contributed by atoms with Gasteiger partial charge in [0.05, 0.1) is 32.0 Å². The van der Waals surface area contributed by atoms with Gasteiger partial charge in [0, 0.05) is 15.2 Å². The summed E-state index contributed by atoms with van der Waals surface area (Å²) in [7, 11) is -7.19. The molecule has 0 aliphatic carbocycles. The summed E-state index contributed by atoms with van der Waals surface area (Å²) in [5.74, 6) is -1.19. The molecule has 0 bridgehead atoms. The quantitative estimate of drug-likeness (QED) is 0.476. The van der Waals surface area contributed by atoms with Gasteiger partial charge in [-0.15, -0.1) is 0 Å². The fraction of sp³-hybridized carbons (Fsp3) is 0.435. The molecule has 1 amide bonds. The Morgan fingerprint density at radius 3 is 2.03 bits per heavy atom. The molecule has 6 nitrogen and oxygen atoms in total. The van der Waals surface area contributed by atoms with Gasteiger partial charge < -0.3 is 10.4 Å². The highest BCUT2D eigenvalue weighted by molar-refractivity contribution is 7.92. The second-order valence-corrected chi connectivity index (χ2v) is 14.5. The number of hydrogen-bond donors (Lipinski definition) is 2. The Hall–Kier alpha value is -2.11. The smallest absolute Gasteiger partial charge is 0.501 e. The van der Waals surface area contributed by atoms with E-state index >= 15 is 0 Å². The third-order valence-corrected chi connectivity index (χ3v) is 8.84. The number of benzene rings is 2. The molecule has 0 aliphatic rings. The number of amides is 1. The van der Waals surface area contributed by atoms with Gasteiger partial charge in [-0.25, -0.2) is 8.42 Å². The Morgan fingerprint density at radius 1 is 1.06 bits per heavy atom. The van der Waals surface area contributed by atoms with E-state index in [0.29, 0.717) is 22.6 Å². The zero-order valence-corrected chi connectivity index (χ0v) is 22.6. The SMILES string of the molecule is Cc1c(S(=O)C(C)(C)C)cc(C(C)(C)C)c(O)c1C(=O)Nc1ccc(S(=O)(=O)C(F)(F)F)cc1Cl. The van der Waals surface area contributed by atoms with Crippen molar-refractivity contribution in [3.05, 3.63) is 46.0 Å². The predicted molar refractivity (Wildman–Crippen MR) is 130 cm³/mol. The van der Waals surface area contributed by atoms with E-state index < -0.39 is 52.1 Å². The van der Waals surface area contributed by atoms with Crippen LogP contribution in [-0.4, -0.2) is 33.9 Å². The molecule has 0 heterocycles. The maximum atomic E-state index is 13.2. The van der Waals surface area contributed by atoms with Gasteiger partial charge in [-0.1, -0.05) is 32.4 Å². The van der Waals surface area contributed by atoms with E-state index in [9.17, 15) is 35.7 Å². The topological polar surface area (TPSA) is 101 Å². The van der Waals surface area contributed by atoms with Gasteiger partial charge in [0.2, 0.25) is 0 Å². The standard InChI is InChI=1S/C23H27ClF3NO5S2/c1-12-17(34(31)22(5,6)7)11-14(21(2,3)4)19(29)18(12)20(30)28-16-9-8-13(10-15(16)24)35(32,33)23(25,26)27/h8-11,29H,1-7H3,(H,28,30). The average Bonchev–Trinajstić information content (AvgIpc) is 2.66. The van der Waals surface area contributed by atoms with Gasteiger partial charge in [-0.2, -0.15) is 13.2 Å². The minimum atomic E-state index is -5.63. The second-order valence-electron chi connectivity index (χ2n) is 9.95. The third kappa shape index (κ3) is 5.83. The van der Waals surface area contributed by atoms with Gasteiger partial charge in [0.1, 0.15) is 5.75 Å². The van der Waals surface area contributed by atoms with Crippen molar-refractivity contribution in [2.24, 2.45) is 0 Å². The van der Waals surface area contributed by atoms with Crippen molar-refractivity contribution in [2.75, 3.05) is 5.32 Å². The largest absolute Gasteiger partial charge is 0.507 e. The summed E-state index contributed by atoms with van der Waals surface area (Å²) in [5, 5.41) is 12.9. The Kier molecular flexibility index (Phi) is 7.82. The van der Waals surface area contributed by atoms with Crippen molar-refractivity contribution in [3.63, 3.8) is 0 Å². The Bertz CT molecular complexity index is 1310. The molecule has 0 saturated carbocycles. The second kappa shape index (κ2) is 9.40. The minimum absolute atomic E-state index is 0.170. The molecular weight excluding hydrogens is 527 g/mol. The van der Waals surface area contributed by atoms with Crippen molar-refractivity contribution in [2.45, 2.75) is 73.9 Å². The number of phenols is 1. The van der Waals surface area contributed by atoms with Gasteiger partial charge in [-0.3, -0.25) is 9.00 Å². The number of sulfone groups is 1. The van der Waals surface area contributed by atoms with Crippen LogP contribution in [0.15, 0.2) is 34.1 Å². The number of rotatable bonds is 4. The predicted octanol–water partition coefficient (Wildman–Crippen LogP) is 6.10. The summed E-state index contributed by atoms with van der Waals surface area (Å²) in [5.41, 5.74) is -5.86. The van der Waals surface area contributed by atoms with Crippen molar-refractivity contribution in [3.8, 4) is 5.75 Å². The van der Waals surface area contributed by atoms with Crippen molar-refractivity contribution in [1.82, 2.24) is 0 Å². The maximum Gasteiger partial charge on any atom is 0.501 e. The maximum absolute atomic E-state index is 13.2. The van der Waals surface area contributed by atoms with Gasteiger partial charge in [-0.05, 0) is 62.9 Å². The summed E-state index contributed by atoms with van der Waals surface area (Å²) in [4.78, 5) is 12.5. The number of hydrogen-bond acceptors (Lipinski definition) is 5. The van der Waals surface area contributed by atoms with Crippen LogP contribution in [0.5, 0.6) is 5.75 Å². The van der Waals surface area contributed by atoms with Crippen molar-refractivity contribution >= 4 is 43.8 Å². The zero-order valence-electron chi connectivity index (χ0n) is 20.2. The van der Waals surface area contributed by atoms with Crippen molar-refractivity contribution < 1.29 is 35.7 Å². The van der Waals surface area contributed by atoms with Crippen LogP contribution in [0.4, 0.5) is 18.9 Å². The number of phenolic OH excluding ortho intramolecular Hbond substituents is 1. The summed E-state index contributed by atoms with van der Waals surface area (Å²) >= 11 is 5.98. The molecule has 0 aliphatic heterocycles. The number of nitrogens with one attached hydrogen (secondary N) is 1. The Morgan fingerprint density at radius 2 is 1.60 bits per heavy atom. The zero-order chi connectivity index (χ0) is 27.3. The van der Waals surface area contributed by atoms with E-state index in [2.05, 4.69) is 5.32 Å². The van der Waals surface area contributed by atoms with Crippen LogP contribution in [0, 0.1) is 6.92 Å². The van der Waals surface area contributed by atoms with Gasteiger partial charge in [0.25, 0.3) is 15.7 Å². The fourth-order valence-corrected chi connectivity index (χ4v) is 5.54. The molecule has 0 radical (unpaired) electrons. The number of alkyl halides is 3. The lowest BCUT2D eigenvalue weighted by molar-refractivity contribution is -0.0436. The Balaban J connectivity index is 2.64. The Labute approximate surface area is 210 Å². The first-order valence-corrected chi connectivity index (χ1v) is 13.3. The van der Waals surface area contributed by atoms with Crippen LogP contribution in [0.3, 0.4) is 0 Å². The van der Waals surface area contributed by atoms with Gasteiger partial charge in [0.15, 0.2) is 0 Å². The molecule has 1 unspecified atom stereocenters. The van der Waals surface area contributed by atoms with Crippen LogP contribution in [0.25, 0.3) is 0 Å². The molecular formula is C23H27ClF3NO5S2. The van der Waals surface area contributed by atoms with Crippen LogP contribution < -0.4 is 5.32 Å². The van der Waals surface area contributed by atoms with Gasteiger partial charge >= 0.3 is 5.51 Å². The molecule has 0 spiro atoms. The highest BCUT2D eigenvalue weighted by atomic mass is 35.5. The minimum Gasteiger partial charge on any atom is -0.507 e. The first kappa shape index (κ1) is 29.1. The lowest BCUT2D eigenvalue weighted by Gasteiger charge is -2.27. The molecule has 0 fully saturated rings. The van der Waals surface area contributed by atoms with E-state index in [1.165, 1.54) is 6.92 Å². The summed E-state index contributed by atoms with van der Waals surface area (Å²) in [6, 6.07) is 3.78. The number of anilines is 1. The first-order chi connectivity index (χ1) is 15.6. The molecule has 2 aromatic rings. The highest BCUT2D eigenvalue weighted by Gasteiger charge is 2.47. The summed E-state index contributed by atoms with van der Waals surface area (Å²) < 4.78 is 74.3. The molecule has 194 valence electrons. The molecule has 0 aromatic heterocycles. The molecule has 1 atom stereocenters. The number of aromatic hydroxyl groups is 1. The third-order valence-electron chi connectivity index (χ3n) is 5.11. The molecule has 2 rings (SSSR count). The van der Waals surface area contributed by atoms with Crippen LogP contribution >= 0.6 is 11.6 Å². The fourth-order valence-electron chi connectivity index (χ4n) is 3.20. The van der Waals surface area contributed by atoms with E-state index in [4.69, 9.17) is 11.6 Å². The average molecular weight is 554 g/mol. The summed E-state index contributed by atoms with van der Waals surface area (Å²) in [6.07, 6.45) is 0. The van der Waals surface area contributed by atoms with E-state index in [0.717, 1.165) is 6.07 Å². The first-order valence-electron chi connectivity index (χ1n) is 10.3. The number of carbonyl (C=O) groups excluding carboxylic acids is 1. The summed E-state index contributed by atoms with van der Waals surface area (Å²) in [6.45, 7) is 12.2. The molecule has 2 aromatic carbocycles. The number of halogens is 4. The molecule has 12 heteroatoms. The van der Waals surface area contributed by atoms with E-state index in [1.807, 2.05) is 0 Å². The van der Waals surface area contributed by atoms with Crippen LogP contribution in [0.2, 0.25) is 5.02 Å². The van der Waals surface area contributed by atoms with E-state index in [1.54, 1.807) is 47.6 Å². The lowest BCUT2D eigenvalue weighted by Crippen LogP contribution is -2.25. The molecule has 0 saturated heterocycles.